The van der Waals surface area contributed by atoms with Crippen LogP contribution in [0, 0.1) is 24.0 Å². The number of carbonyl (C=O) groups is 1. The van der Waals surface area contributed by atoms with Gasteiger partial charge in [-0.15, -0.1) is 0 Å². The van der Waals surface area contributed by atoms with Crippen LogP contribution in [0.1, 0.15) is 11.3 Å². The monoisotopic (exact) mass is 352 g/mol. The predicted octanol–water partition coefficient (Wildman–Crippen LogP) is 2.81. The maximum absolute atomic E-state index is 12.0. The summed E-state index contributed by atoms with van der Waals surface area (Å²) in [7, 11) is 0. The first-order valence-electron chi connectivity index (χ1n) is 6.11. The van der Waals surface area contributed by atoms with Gasteiger partial charge in [0.1, 0.15) is 6.54 Å². The number of carbonyl (C=O) groups excluding carboxylic acids is 1. The number of hydrogen-bond acceptors (Lipinski definition) is 4. The minimum atomic E-state index is -0.470. The van der Waals surface area contributed by atoms with Crippen LogP contribution in [0.4, 0.5) is 11.4 Å². The van der Waals surface area contributed by atoms with Gasteiger partial charge in [0, 0.05) is 24.0 Å². The number of nitrogens with one attached hydrogen (secondary N) is 1. The largest absolute Gasteiger partial charge is 0.324 e. The van der Waals surface area contributed by atoms with Crippen molar-refractivity contribution in [2.75, 3.05) is 5.32 Å². The van der Waals surface area contributed by atoms with Gasteiger partial charge < -0.3 is 5.32 Å². The Kier molecular flexibility index (Phi) is 4.37. The molecule has 0 aliphatic heterocycles. The highest BCUT2D eigenvalue weighted by atomic mass is 79.9. The van der Waals surface area contributed by atoms with Gasteiger partial charge in [-0.25, -0.2) is 0 Å². The maximum atomic E-state index is 12.0. The van der Waals surface area contributed by atoms with Crippen molar-refractivity contribution in [2.45, 2.75) is 20.4 Å². The first-order chi connectivity index (χ1) is 9.86. The maximum Gasteiger partial charge on any atom is 0.269 e. The predicted molar refractivity (Wildman–Crippen MR) is 81.1 cm³/mol. The summed E-state index contributed by atoms with van der Waals surface area (Å²) < 4.78 is 2.36. The van der Waals surface area contributed by atoms with E-state index in [1.807, 2.05) is 6.92 Å². The van der Waals surface area contributed by atoms with E-state index in [1.54, 1.807) is 13.1 Å². The molecule has 0 atom stereocenters. The number of amides is 1. The zero-order valence-corrected chi connectivity index (χ0v) is 13.0. The number of rotatable bonds is 4. The summed E-state index contributed by atoms with van der Waals surface area (Å²) in [5.74, 6) is -0.248. The van der Waals surface area contributed by atoms with Crippen LogP contribution in [0.3, 0.4) is 0 Å². The number of anilines is 1. The lowest BCUT2D eigenvalue weighted by Crippen LogP contribution is -2.19. The first kappa shape index (κ1) is 15.2. The number of aryl methyl sites for hydroxylation is 2. The number of nitro groups is 1. The van der Waals surface area contributed by atoms with Crippen molar-refractivity contribution in [1.29, 1.82) is 0 Å². The lowest BCUT2D eigenvalue weighted by Gasteiger charge is -2.08. The molecule has 110 valence electrons. The summed E-state index contributed by atoms with van der Waals surface area (Å²) in [5.41, 5.74) is 1.98. The second-order valence-corrected chi connectivity index (χ2v) is 5.42. The summed E-state index contributed by atoms with van der Waals surface area (Å²) in [6, 6.07) is 4.30. The number of hydrogen-bond donors (Lipinski definition) is 1. The summed E-state index contributed by atoms with van der Waals surface area (Å²) >= 11 is 3.33. The lowest BCUT2D eigenvalue weighted by molar-refractivity contribution is -0.384. The van der Waals surface area contributed by atoms with E-state index >= 15 is 0 Å². The van der Waals surface area contributed by atoms with Crippen molar-refractivity contribution in [3.8, 4) is 0 Å². The summed E-state index contributed by atoms with van der Waals surface area (Å²) in [5, 5.41) is 17.6. The fourth-order valence-corrected chi connectivity index (χ4v) is 2.13. The van der Waals surface area contributed by atoms with Crippen molar-refractivity contribution in [3.63, 3.8) is 0 Å². The minimum absolute atomic E-state index is 0.00266. The van der Waals surface area contributed by atoms with Crippen LogP contribution >= 0.6 is 15.9 Å². The summed E-state index contributed by atoms with van der Waals surface area (Å²) in [6.45, 7) is 3.61. The quantitative estimate of drug-likeness (QED) is 0.676. The molecule has 0 fully saturated rings. The highest BCUT2D eigenvalue weighted by molar-refractivity contribution is 9.10. The van der Waals surface area contributed by atoms with Crippen molar-refractivity contribution in [2.24, 2.45) is 0 Å². The van der Waals surface area contributed by atoms with Crippen molar-refractivity contribution >= 4 is 33.2 Å². The van der Waals surface area contributed by atoms with Gasteiger partial charge in [-0.2, -0.15) is 5.10 Å². The third-order valence-corrected chi connectivity index (χ3v) is 3.67. The van der Waals surface area contributed by atoms with Gasteiger partial charge in [-0.05, 0) is 41.4 Å². The zero-order chi connectivity index (χ0) is 15.6. The normalized spacial score (nSPS) is 10.4. The smallest absolute Gasteiger partial charge is 0.269 e. The van der Waals surface area contributed by atoms with Crippen LogP contribution < -0.4 is 5.32 Å². The number of nitro benzene ring substituents is 1. The van der Waals surface area contributed by atoms with Gasteiger partial charge in [-0.1, -0.05) is 0 Å². The van der Waals surface area contributed by atoms with Crippen LogP contribution in [0.5, 0.6) is 0 Å². The molecule has 1 aromatic carbocycles. The lowest BCUT2D eigenvalue weighted by atomic mass is 10.2. The molecule has 1 heterocycles. The van der Waals surface area contributed by atoms with Crippen LogP contribution in [0.15, 0.2) is 28.9 Å². The Morgan fingerprint density at radius 1 is 1.48 bits per heavy atom. The fraction of sp³-hybridized carbons (Fsp3) is 0.231. The standard InChI is InChI=1S/C13H13BrN4O3/c1-8-5-10(18(20)21)3-4-12(8)15-13(19)7-17-6-11(14)9(2)16-17/h3-6H,7H2,1-2H3,(H,15,19). The van der Waals surface area contributed by atoms with Crippen LogP contribution in [0.2, 0.25) is 0 Å². The average molecular weight is 353 g/mol. The number of nitrogens with zero attached hydrogens (tertiary/aromatic N) is 3. The second-order valence-electron chi connectivity index (χ2n) is 4.56. The average Bonchev–Trinajstić information content (AvgIpc) is 2.70. The fourth-order valence-electron chi connectivity index (χ4n) is 1.81. The van der Waals surface area contributed by atoms with Gasteiger partial charge >= 0.3 is 0 Å². The molecule has 0 aliphatic carbocycles. The molecule has 21 heavy (non-hydrogen) atoms. The molecule has 7 nitrogen and oxygen atoms in total. The number of benzene rings is 1. The van der Waals surface area contributed by atoms with Crippen LogP contribution in [0.25, 0.3) is 0 Å². The highest BCUT2D eigenvalue weighted by Crippen LogP contribution is 2.21. The number of non-ortho nitro benzene ring substituents is 1. The Labute approximate surface area is 129 Å². The van der Waals surface area contributed by atoms with Crippen molar-refractivity contribution < 1.29 is 9.72 Å². The molecule has 0 spiro atoms. The Balaban J connectivity index is 2.07. The molecule has 2 aromatic rings. The highest BCUT2D eigenvalue weighted by Gasteiger charge is 2.11. The Hall–Kier alpha value is -2.22. The van der Waals surface area contributed by atoms with E-state index in [1.165, 1.54) is 22.9 Å². The Morgan fingerprint density at radius 2 is 2.19 bits per heavy atom. The van der Waals surface area contributed by atoms with E-state index in [0.717, 1.165) is 10.2 Å². The van der Waals surface area contributed by atoms with Crippen LogP contribution in [-0.4, -0.2) is 20.6 Å². The molecule has 8 heteroatoms. The molecule has 1 aromatic heterocycles. The van der Waals surface area contributed by atoms with Crippen molar-refractivity contribution in [3.05, 3.63) is 50.2 Å². The molecule has 1 amide bonds. The number of aromatic nitrogens is 2. The Morgan fingerprint density at radius 3 is 2.71 bits per heavy atom. The topological polar surface area (TPSA) is 90.1 Å². The van der Waals surface area contributed by atoms with E-state index in [2.05, 4.69) is 26.3 Å². The molecule has 0 radical (unpaired) electrons. The van der Waals surface area contributed by atoms with Crippen LogP contribution in [-0.2, 0) is 11.3 Å². The molecule has 0 bridgehead atoms. The summed E-state index contributed by atoms with van der Waals surface area (Å²) in [4.78, 5) is 22.1. The van der Waals surface area contributed by atoms with Crippen molar-refractivity contribution in [1.82, 2.24) is 9.78 Å². The molecular weight excluding hydrogens is 340 g/mol. The van der Waals surface area contributed by atoms with E-state index in [9.17, 15) is 14.9 Å². The molecular formula is C13H13BrN4O3. The molecule has 0 unspecified atom stereocenters. The van der Waals surface area contributed by atoms with Gasteiger partial charge in [0.05, 0.1) is 15.1 Å². The van der Waals surface area contributed by atoms with Gasteiger partial charge in [0.2, 0.25) is 5.91 Å². The third-order valence-electron chi connectivity index (χ3n) is 2.89. The molecule has 2 rings (SSSR count). The minimum Gasteiger partial charge on any atom is -0.324 e. The van der Waals surface area contributed by atoms with E-state index in [0.29, 0.717) is 11.3 Å². The molecule has 0 saturated heterocycles. The first-order valence-corrected chi connectivity index (χ1v) is 6.90. The van der Waals surface area contributed by atoms with Gasteiger partial charge in [-0.3, -0.25) is 19.6 Å². The second kappa shape index (κ2) is 6.04. The molecule has 1 N–H and O–H groups in total. The zero-order valence-electron chi connectivity index (χ0n) is 11.5. The number of halogens is 1. The van der Waals surface area contributed by atoms with Gasteiger partial charge in [0.25, 0.3) is 5.69 Å². The Bertz CT molecular complexity index is 692. The summed E-state index contributed by atoms with van der Waals surface area (Å²) in [6.07, 6.45) is 1.72. The molecule has 0 saturated carbocycles. The third kappa shape index (κ3) is 3.66. The van der Waals surface area contributed by atoms with E-state index < -0.39 is 4.92 Å². The van der Waals surface area contributed by atoms with E-state index in [4.69, 9.17) is 0 Å². The SMILES string of the molecule is Cc1cc([N+](=O)[O-])ccc1NC(=O)Cn1cc(Br)c(C)n1. The molecule has 0 aliphatic rings. The van der Waals surface area contributed by atoms with Gasteiger partial charge in [0.15, 0.2) is 0 Å². The van der Waals surface area contributed by atoms with E-state index in [-0.39, 0.29) is 18.1 Å².